The highest BCUT2D eigenvalue weighted by Gasteiger charge is 2.21. The molecule has 1 atom stereocenters. The fourth-order valence-corrected chi connectivity index (χ4v) is 3.00. The average molecular weight is 277 g/mol. The lowest BCUT2D eigenvalue weighted by Crippen LogP contribution is -2.35. The average Bonchev–Trinajstić information content (AvgIpc) is 2.75. The van der Waals surface area contributed by atoms with Crippen molar-refractivity contribution < 1.29 is 4.79 Å². The van der Waals surface area contributed by atoms with Gasteiger partial charge in [-0.3, -0.25) is 9.48 Å². The number of aromatic nitrogens is 2. The Morgan fingerprint density at radius 1 is 1.40 bits per heavy atom. The van der Waals surface area contributed by atoms with E-state index in [4.69, 9.17) is 0 Å². The molecule has 4 heteroatoms. The lowest BCUT2D eigenvalue weighted by Gasteiger charge is -2.22. The molecule has 4 nitrogen and oxygen atoms in total. The normalized spacial score (nSPS) is 17.9. The molecule has 0 aliphatic heterocycles. The lowest BCUT2D eigenvalue weighted by molar-refractivity contribution is -0.126. The summed E-state index contributed by atoms with van der Waals surface area (Å²) in [7, 11) is 0. The van der Waals surface area contributed by atoms with Crippen LogP contribution in [-0.4, -0.2) is 22.2 Å². The third-order valence-corrected chi connectivity index (χ3v) is 4.19. The highest BCUT2D eigenvalue weighted by Crippen LogP contribution is 2.23. The van der Waals surface area contributed by atoms with E-state index in [-0.39, 0.29) is 11.8 Å². The molecule has 0 unspecified atom stereocenters. The second-order valence-electron chi connectivity index (χ2n) is 6.29. The van der Waals surface area contributed by atoms with Gasteiger partial charge in [0.1, 0.15) is 0 Å². The minimum atomic E-state index is 0.254. The fraction of sp³-hybridized carbons (Fsp3) is 0.750. The third-order valence-electron chi connectivity index (χ3n) is 4.19. The summed E-state index contributed by atoms with van der Waals surface area (Å²) in [6.07, 6.45) is 5.84. The molecule has 0 bridgehead atoms. The number of carbonyl (C=O) groups excluding carboxylic acids is 1. The van der Waals surface area contributed by atoms with Gasteiger partial charge in [0.15, 0.2) is 0 Å². The highest BCUT2D eigenvalue weighted by atomic mass is 16.1. The summed E-state index contributed by atoms with van der Waals surface area (Å²) in [5, 5.41) is 7.59. The summed E-state index contributed by atoms with van der Waals surface area (Å²) in [5.74, 6) is 0.912. The number of amides is 1. The van der Waals surface area contributed by atoms with Crippen LogP contribution in [0.5, 0.6) is 0 Å². The van der Waals surface area contributed by atoms with Gasteiger partial charge in [-0.15, -0.1) is 0 Å². The molecular formula is C16H27N3O. The van der Waals surface area contributed by atoms with Crippen molar-refractivity contribution in [2.75, 3.05) is 6.54 Å². The lowest BCUT2D eigenvalue weighted by atomic mass is 9.88. The molecule has 2 rings (SSSR count). The first-order valence-corrected chi connectivity index (χ1v) is 7.85. The molecule has 0 saturated heterocycles. The number of rotatable bonds is 5. The number of hydrogen-bond acceptors (Lipinski definition) is 2. The molecule has 0 radical (unpaired) electrons. The molecule has 1 saturated carbocycles. The van der Waals surface area contributed by atoms with E-state index in [1.54, 1.807) is 0 Å². The van der Waals surface area contributed by atoms with Gasteiger partial charge >= 0.3 is 0 Å². The maximum absolute atomic E-state index is 12.1. The molecule has 1 N–H and O–H groups in total. The minimum absolute atomic E-state index is 0.254. The monoisotopic (exact) mass is 277 g/mol. The van der Waals surface area contributed by atoms with Crippen LogP contribution in [0.25, 0.3) is 0 Å². The number of nitrogens with zero attached hydrogens (tertiary/aromatic N) is 2. The SMILES string of the molecule is Cc1cc(C)n(C[C@H](C)CNC(=O)C2CCCCC2)n1. The van der Waals surface area contributed by atoms with Crippen molar-refractivity contribution in [1.82, 2.24) is 15.1 Å². The van der Waals surface area contributed by atoms with E-state index < -0.39 is 0 Å². The zero-order chi connectivity index (χ0) is 14.5. The molecule has 112 valence electrons. The zero-order valence-corrected chi connectivity index (χ0v) is 13.0. The van der Waals surface area contributed by atoms with E-state index in [0.29, 0.717) is 5.92 Å². The number of hydrogen-bond donors (Lipinski definition) is 1. The fourth-order valence-electron chi connectivity index (χ4n) is 3.00. The van der Waals surface area contributed by atoms with E-state index in [1.807, 2.05) is 11.6 Å². The number of carbonyl (C=O) groups is 1. The van der Waals surface area contributed by atoms with Gasteiger partial charge in [0.25, 0.3) is 0 Å². The predicted octanol–water partition coefficient (Wildman–Crippen LogP) is 2.83. The smallest absolute Gasteiger partial charge is 0.223 e. The summed E-state index contributed by atoms with van der Waals surface area (Å²) in [6.45, 7) is 7.86. The molecule has 1 aliphatic rings. The molecule has 1 aromatic rings. The van der Waals surface area contributed by atoms with Gasteiger partial charge in [0, 0.05) is 24.7 Å². The maximum Gasteiger partial charge on any atom is 0.223 e. The van der Waals surface area contributed by atoms with Gasteiger partial charge in [0.2, 0.25) is 5.91 Å². The summed E-state index contributed by atoms with van der Waals surface area (Å²) < 4.78 is 2.03. The van der Waals surface area contributed by atoms with E-state index >= 15 is 0 Å². The van der Waals surface area contributed by atoms with Crippen molar-refractivity contribution >= 4 is 5.91 Å². The van der Waals surface area contributed by atoms with Crippen molar-refractivity contribution in [3.63, 3.8) is 0 Å². The highest BCUT2D eigenvalue weighted by molar-refractivity contribution is 5.78. The molecule has 0 aromatic carbocycles. The Bertz CT molecular complexity index is 447. The van der Waals surface area contributed by atoms with Crippen molar-refractivity contribution in [3.8, 4) is 0 Å². The second kappa shape index (κ2) is 6.91. The summed E-state index contributed by atoms with van der Waals surface area (Å²) >= 11 is 0. The Morgan fingerprint density at radius 3 is 2.70 bits per heavy atom. The summed E-state index contributed by atoms with van der Waals surface area (Å²) in [5.41, 5.74) is 2.24. The molecule has 1 aromatic heterocycles. The van der Waals surface area contributed by atoms with Crippen LogP contribution in [0.2, 0.25) is 0 Å². The van der Waals surface area contributed by atoms with Crippen LogP contribution in [0, 0.1) is 25.7 Å². The topological polar surface area (TPSA) is 46.9 Å². The van der Waals surface area contributed by atoms with Crippen molar-refractivity contribution in [2.24, 2.45) is 11.8 Å². The Labute approximate surface area is 121 Å². The molecule has 1 aliphatic carbocycles. The largest absolute Gasteiger partial charge is 0.356 e. The second-order valence-corrected chi connectivity index (χ2v) is 6.29. The van der Waals surface area contributed by atoms with Gasteiger partial charge in [-0.05, 0) is 38.7 Å². The van der Waals surface area contributed by atoms with Gasteiger partial charge in [-0.25, -0.2) is 0 Å². The Hall–Kier alpha value is -1.32. The van der Waals surface area contributed by atoms with Gasteiger partial charge in [0.05, 0.1) is 5.69 Å². The van der Waals surface area contributed by atoms with Crippen LogP contribution in [0.1, 0.15) is 50.4 Å². The van der Waals surface area contributed by atoms with Gasteiger partial charge in [-0.1, -0.05) is 26.2 Å². The first kappa shape index (κ1) is 15.1. The van der Waals surface area contributed by atoms with Crippen LogP contribution >= 0.6 is 0 Å². The van der Waals surface area contributed by atoms with Crippen molar-refractivity contribution in [1.29, 1.82) is 0 Å². The molecule has 1 fully saturated rings. The predicted molar refractivity (Wildman–Crippen MR) is 80.4 cm³/mol. The minimum Gasteiger partial charge on any atom is -0.356 e. The first-order chi connectivity index (χ1) is 9.56. The zero-order valence-electron chi connectivity index (χ0n) is 13.0. The molecule has 20 heavy (non-hydrogen) atoms. The van der Waals surface area contributed by atoms with E-state index in [0.717, 1.165) is 31.6 Å². The van der Waals surface area contributed by atoms with Gasteiger partial charge < -0.3 is 5.32 Å². The van der Waals surface area contributed by atoms with Crippen LogP contribution in [0.15, 0.2) is 6.07 Å². The van der Waals surface area contributed by atoms with Crippen LogP contribution in [0.4, 0.5) is 0 Å². The quantitative estimate of drug-likeness (QED) is 0.899. The first-order valence-electron chi connectivity index (χ1n) is 7.85. The Kier molecular flexibility index (Phi) is 5.21. The van der Waals surface area contributed by atoms with E-state index in [1.165, 1.54) is 25.0 Å². The third kappa shape index (κ3) is 4.09. The van der Waals surface area contributed by atoms with Crippen molar-refractivity contribution in [2.45, 2.75) is 59.4 Å². The van der Waals surface area contributed by atoms with Crippen molar-refractivity contribution in [3.05, 3.63) is 17.5 Å². The maximum atomic E-state index is 12.1. The van der Waals surface area contributed by atoms with E-state index in [9.17, 15) is 4.79 Å². The Morgan fingerprint density at radius 2 is 2.10 bits per heavy atom. The summed E-state index contributed by atoms with van der Waals surface area (Å²) in [4.78, 5) is 12.1. The van der Waals surface area contributed by atoms with E-state index in [2.05, 4.69) is 30.3 Å². The van der Waals surface area contributed by atoms with Crippen LogP contribution in [0.3, 0.4) is 0 Å². The molecular weight excluding hydrogens is 250 g/mol. The summed E-state index contributed by atoms with van der Waals surface area (Å²) in [6, 6.07) is 2.09. The number of nitrogens with one attached hydrogen (secondary N) is 1. The number of aryl methyl sites for hydroxylation is 2. The van der Waals surface area contributed by atoms with Gasteiger partial charge in [-0.2, -0.15) is 5.10 Å². The standard InChI is InChI=1S/C16H27N3O/c1-12(11-19-14(3)9-13(2)18-19)10-17-16(20)15-7-5-4-6-8-15/h9,12,15H,4-8,10-11H2,1-3H3,(H,17,20)/t12-/m1/s1. The molecule has 1 amide bonds. The Balaban J connectivity index is 1.75. The van der Waals surface area contributed by atoms with Crippen LogP contribution in [-0.2, 0) is 11.3 Å². The molecule has 1 heterocycles. The van der Waals surface area contributed by atoms with Crippen LogP contribution < -0.4 is 5.32 Å². The molecule has 0 spiro atoms.